The van der Waals surface area contributed by atoms with Crippen LogP contribution >= 0.6 is 0 Å². The molecule has 0 N–H and O–H groups in total. The van der Waals surface area contributed by atoms with E-state index < -0.39 is 11.9 Å². The van der Waals surface area contributed by atoms with Crippen molar-refractivity contribution in [2.24, 2.45) is 46.3 Å². The quantitative estimate of drug-likeness (QED) is 0.0408. The third kappa shape index (κ3) is 8.92. The van der Waals surface area contributed by atoms with E-state index in [1.165, 1.54) is 14.0 Å². The number of rotatable bonds is 16. The lowest BCUT2D eigenvalue weighted by molar-refractivity contribution is -0.221. The molecule has 0 heterocycles. The van der Waals surface area contributed by atoms with Gasteiger partial charge in [-0.25, -0.2) is 9.59 Å². The lowest BCUT2D eigenvalue weighted by atomic mass is 9.42. The average Bonchev–Trinajstić information content (AvgIpc) is 3.51. The SMILES string of the molecule is CCCCOC(=O)C(C(=O)OCCCC)=C1CC[C@@]2(C)[C@@H](C1)C[C@@H](OC(C)=O)[C@@H]1[C@@H]2C[C@H](OCc2ccccc2)[C@]2(C)[C@@H]([C@H](C)CCC(=O)OC)CC[C@@H]12. The highest BCUT2D eigenvalue weighted by Crippen LogP contribution is 2.69. The number of unbranched alkanes of at least 4 members (excludes halogenated alkanes) is 2. The molecule has 0 amide bonds. The summed E-state index contributed by atoms with van der Waals surface area (Å²) in [6.07, 6.45) is 9.56. The molecule has 0 spiro atoms. The third-order valence-electron chi connectivity index (χ3n) is 14.2. The van der Waals surface area contributed by atoms with Crippen LogP contribution in [0.15, 0.2) is 41.5 Å². The second kappa shape index (κ2) is 18.6. The molecular formula is C45H66O9. The van der Waals surface area contributed by atoms with Gasteiger partial charge < -0.3 is 23.7 Å². The topological polar surface area (TPSA) is 114 Å². The van der Waals surface area contributed by atoms with Crippen LogP contribution in [0.3, 0.4) is 0 Å². The highest BCUT2D eigenvalue weighted by atomic mass is 16.6. The van der Waals surface area contributed by atoms with E-state index in [1.54, 1.807) is 0 Å². The van der Waals surface area contributed by atoms with Crippen LogP contribution in [0.25, 0.3) is 0 Å². The van der Waals surface area contributed by atoms with E-state index in [0.717, 1.165) is 68.9 Å². The molecule has 4 fully saturated rings. The van der Waals surface area contributed by atoms with E-state index in [1.807, 2.05) is 32.0 Å². The predicted octanol–water partition coefficient (Wildman–Crippen LogP) is 8.95. The van der Waals surface area contributed by atoms with E-state index in [9.17, 15) is 19.2 Å². The van der Waals surface area contributed by atoms with Gasteiger partial charge in [-0.1, -0.05) is 77.8 Å². The van der Waals surface area contributed by atoms with Gasteiger partial charge in [0.15, 0.2) is 0 Å². The summed E-state index contributed by atoms with van der Waals surface area (Å²) in [4.78, 5) is 52.2. The summed E-state index contributed by atoms with van der Waals surface area (Å²) in [5, 5.41) is 0. The second-order valence-electron chi connectivity index (χ2n) is 17.2. The number of carbonyl (C=O) groups is 4. The summed E-state index contributed by atoms with van der Waals surface area (Å²) >= 11 is 0. The Bertz CT molecular complexity index is 1460. The van der Waals surface area contributed by atoms with Crippen LogP contribution in [-0.2, 0) is 49.5 Å². The van der Waals surface area contributed by atoms with E-state index in [4.69, 9.17) is 23.7 Å². The van der Waals surface area contributed by atoms with Crippen molar-refractivity contribution in [1.29, 1.82) is 0 Å². The largest absolute Gasteiger partial charge is 0.469 e. The van der Waals surface area contributed by atoms with Crippen LogP contribution in [0.4, 0.5) is 0 Å². The van der Waals surface area contributed by atoms with Crippen molar-refractivity contribution in [2.45, 2.75) is 144 Å². The van der Waals surface area contributed by atoms with Crippen molar-refractivity contribution in [2.75, 3.05) is 20.3 Å². The number of esters is 4. The Kier molecular flexibility index (Phi) is 14.5. The molecule has 0 aromatic heterocycles. The smallest absolute Gasteiger partial charge is 0.345 e. The van der Waals surface area contributed by atoms with E-state index >= 15 is 0 Å². The Hall–Kier alpha value is -3.20. The standard InChI is InChI=1S/C45H66O9/c1-8-10-23-51-42(48)40(43(49)52-24-11-9-2)32-21-22-44(5)33(25-32)26-37(54-30(4)46)41-35-19-18-34(29(3)17-20-39(47)50-7)45(35,6)38(27-36(41)44)53-28-31-15-13-12-14-16-31/h12-16,29,33-38,41H,8-11,17-28H2,1-7H3/t29-,33+,34-,35+,36+,37-,38+,41+,44+,45-/m1/s1. The van der Waals surface area contributed by atoms with Crippen molar-refractivity contribution in [3.05, 3.63) is 47.0 Å². The maximum absolute atomic E-state index is 13.6. The van der Waals surface area contributed by atoms with E-state index in [0.29, 0.717) is 38.2 Å². The molecule has 300 valence electrons. The predicted molar refractivity (Wildman–Crippen MR) is 206 cm³/mol. The highest BCUT2D eigenvalue weighted by Gasteiger charge is 2.67. The fourth-order valence-electron chi connectivity index (χ4n) is 11.3. The molecule has 1 aromatic carbocycles. The third-order valence-corrected chi connectivity index (χ3v) is 14.2. The summed E-state index contributed by atoms with van der Waals surface area (Å²) < 4.78 is 29.7. The van der Waals surface area contributed by atoms with Gasteiger partial charge >= 0.3 is 23.9 Å². The first-order chi connectivity index (χ1) is 25.9. The van der Waals surface area contributed by atoms with Gasteiger partial charge in [-0.3, -0.25) is 9.59 Å². The Balaban J connectivity index is 1.51. The zero-order chi connectivity index (χ0) is 39.0. The lowest BCUT2D eigenvalue weighted by Crippen LogP contribution is -2.62. The van der Waals surface area contributed by atoms with Crippen LogP contribution in [0, 0.1) is 46.3 Å². The second-order valence-corrected chi connectivity index (χ2v) is 17.2. The van der Waals surface area contributed by atoms with E-state index in [2.05, 4.69) is 32.9 Å². The molecule has 4 aliphatic rings. The highest BCUT2D eigenvalue weighted by molar-refractivity contribution is 6.14. The Labute approximate surface area is 323 Å². The van der Waals surface area contributed by atoms with Crippen molar-refractivity contribution in [1.82, 2.24) is 0 Å². The van der Waals surface area contributed by atoms with Crippen LogP contribution in [0.5, 0.6) is 0 Å². The van der Waals surface area contributed by atoms with Gasteiger partial charge in [-0.2, -0.15) is 0 Å². The van der Waals surface area contributed by atoms with Gasteiger partial charge in [0.2, 0.25) is 0 Å². The van der Waals surface area contributed by atoms with Gasteiger partial charge in [0.1, 0.15) is 11.7 Å². The molecule has 0 bridgehead atoms. The molecule has 0 aliphatic heterocycles. The van der Waals surface area contributed by atoms with Gasteiger partial charge in [0.25, 0.3) is 0 Å². The molecule has 10 atom stereocenters. The number of benzene rings is 1. The van der Waals surface area contributed by atoms with Crippen LogP contribution in [-0.4, -0.2) is 56.4 Å². The monoisotopic (exact) mass is 750 g/mol. The maximum atomic E-state index is 13.6. The first-order valence-electron chi connectivity index (χ1n) is 20.8. The average molecular weight is 751 g/mol. The number of hydrogen-bond acceptors (Lipinski definition) is 9. The minimum Gasteiger partial charge on any atom is -0.469 e. The number of ether oxygens (including phenoxy) is 5. The fraction of sp³-hybridized carbons (Fsp3) is 0.733. The van der Waals surface area contributed by atoms with Gasteiger partial charge in [-0.15, -0.1) is 0 Å². The molecule has 4 aliphatic carbocycles. The Morgan fingerprint density at radius 1 is 0.907 bits per heavy atom. The van der Waals surface area contributed by atoms with Crippen molar-refractivity contribution < 1.29 is 42.9 Å². The maximum Gasteiger partial charge on any atom is 0.345 e. The molecule has 0 unspecified atom stereocenters. The number of methoxy groups -OCH3 is 1. The van der Waals surface area contributed by atoms with Gasteiger partial charge in [0.05, 0.1) is 33.0 Å². The number of carbonyl (C=O) groups excluding carboxylic acids is 4. The fourth-order valence-corrected chi connectivity index (χ4v) is 11.3. The molecule has 54 heavy (non-hydrogen) atoms. The molecule has 0 radical (unpaired) electrons. The number of hydrogen-bond donors (Lipinski definition) is 0. The molecule has 9 heteroatoms. The molecule has 9 nitrogen and oxygen atoms in total. The molecule has 1 aromatic rings. The van der Waals surface area contributed by atoms with Gasteiger partial charge in [-0.05, 0) is 110 Å². The molecule has 4 saturated carbocycles. The minimum absolute atomic E-state index is 0.0415. The minimum atomic E-state index is -0.588. The van der Waals surface area contributed by atoms with Crippen molar-refractivity contribution in [3.8, 4) is 0 Å². The molecular weight excluding hydrogens is 684 g/mol. The number of allylic oxidation sites excluding steroid dienone is 1. The van der Waals surface area contributed by atoms with Crippen molar-refractivity contribution in [3.63, 3.8) is 0 Å². The number of fused-ring (bicyclic) bond motifs is 5. The Morgan fingerprint density at radius 2 is 1.57 bits per heavy atom. The lowest BCUT2D eigenvalue weighted by Gasteiger charge is -2.64. The van der Waals surface area contributed by atoms with Crippen LogP contribution in [0.1, 0.15) is 131 Å². The van der Waals surface area contributed by atoms with Crippen LogP contribution in [0.2, 0.25) is 0 Å². The zero-order valence-corrected chi connectivity index (χ0v) is 34.0. The Morgan fingerprint density at radius 3 is 2.19 bits per heavy atom. The first kappa shape index (κ1) is 42.0. The van der Waals surface area contributed by atoms with Crippen molar-refractivity contribution >= 4 is 23.9 Å². The summed E-state index contributed by atoms with van der Waals surface area (Å²) in [6, 6.07) is 10.3. The van der Waals surface area contributed by atoms with Gasteiger partial charge in [0, 0.05) is 24.7 Å². The molecule has 5 rings (SSSR count). The molecule has 0 saturated heterocycles. The summed E-state index contributed by atoms with van der Waals surface area (Å²) in [5.74, 6) is -0.308. The van der Waals surface area contributed by atoms with Crippen LogP contribution < -0.4 is 0 Å². The summed E-state index contributed by atoms with van der Waals surface area (Å²) in [7, 11) is 1.45. The zero-order valence-electron chi connectivity index (χ0n) is 34.0. The van der Waals surface area contributed by atoms with E-state index in [-0.39, 0.29) is 83.4 Å². The first-order valence-corrected chi connectivity index (χ1v) is 20.8. The summed E-state index contributed by atoms with van der Waals surface area (Å²) in [5.41, 5.74) is 1.69. The normalized spacial score (nSPS) is 32.0. The summed E-state index contributed by atoms with van der Waals surface area (Å²) in [6.45, 7) is 13.7.